The SMILES string of the molecule is CNCC1C(=O)N(C)C(C)CN1C1CCCCC1. The van der Waals surface area contributed by atoms with Gasteiger partial charge in [-0.25, -0.2) is 0 Å². The lowest BCUT2D eigenvalue weighted by Gasteiger charge is -2.47. The number of carbonyl (C=O) groups excluding carboxylic acids is 1. The highest BCUT2D eigenvalue weighted by Gasteiger charge is 2.39. The summed E-state index contributed by atoms with van der Waals surface area (Å²) in [6, 6.07) is 1.00. The van der Waals surface area contributed by atoms with Crippen LogP contribution in [-0.4, -0.2) is 61.0 Å². The molecule has 2 rings (SSSR count). The molecule has 0 aromatic carbocycles. The molecule has 104 valence electrons. The summed E-state index contributed by atoms with van der Waals surface area (Å²) in [5, 5.41) is 3.18. The number of rotatable bonds is 3. The number of hydrogen-bond donors (Lipinski definition) is 1. The van der Waals surface area contributed by atoms with Crippen LogP contribution in [0.2, 0.25) is 0 Å². The Morgan fingerprint density at radius 2 is 1.94 bits per heavy atom. The largest absolute Gasteiger partial charge is 0.340 e. The number of carbonyl (C=O) groups is 1. The van der Waals surface area contributed by atoms with E-state index < -0.39 is 0 Å². The molecule has 1 aliphatic heterocycles. The highest BCUT2D eigenvalue weighted by molar-refractivity contribution is 5.83. The first-order chi connectivity index (χ1) is 8.65. The number of hydrogen-bond acceptors (Lipinski definition) is 3. The highest BCUT2D eigenvalue weighted by Crippen LogP contribution is 2.27. The molecular formula is C14H27N3O. The molecule has 1 amide bonds. The third-order valence-electron chi connectivity index (χ3n) is 4.61. The lowest BCUT2D eigenvalue weighted by molar-refractivity contribution is -0.145. The van der Waals surface area contributed by atoms with Crippen molar-refractivity contribution in [1.82, 2.24) is 15.1 Å². The molecule has 1 aliphatic carbocycles. The standard InChI is InChI=1S/C14H27N3O/c1-11-10-17(12-7-5-4-6-8-12)13(9-15-2)14(18)16(11)3/h11-13,15H,4-10H2,1-3H3. The summed E-state index contributed by atoms with van der Waals surface area (Å²) in [4.78, 5) is 16.8. The molecular weight excluding hydrogens is 226 g/mol. The molecule has 0 aromatic rings. The molecule has 0 bridgehead atoms. The Bertz CT molecular complexity index is 289. The molecule has 2 unspecified atom stereocenters. The molecule has 0 radical (unpaired) electrons. The van der Waals surface area contributed by atoms with Crippen LogP contribution < -0.4 is 5.32 Å². The van der Waals surface area contributed by atoms with Gasteiger partial charge in [-0.2, -0.15) is 0 Å². The van der Waals surface area contributed by atoms with E-state index in [1.54, 1.807) is 0 Å². The van der Waals surface area contributed by atoms with Gasteiger partial charge in [-0.1, -0.05) is 19.3 Å². The van der Waals surface area contributed by atoms with E-state index in [0.717, 1.165) is 13.1 Å². The number of amides is 1. The van der Waals surface area contributed by atoms with Crippen LogP contribution in [0.25, 0.3) is 0 Å². The van der Waals surface area contributed by atoms with Gasteiger partial charge in [0.2, 0.25) is 5.91 Å². The van der Waals surface area contributed by atoms with E-state index in [1.165, 1.54) is 32.1 Å². The molecule has 2 atom stereocenters. The van der Waals surface area contributed by atoms with E-state index in [1.807, 2.05) is 19.0 Å². The van der Waals surface area contributed by atoms with Gasteiger partial charge in [0.05, 0.1) is 0 Å². The highest BCUT2D eigenvalue weighted by atomic mass is 16.2. The topological polar surface area (TPSA) is 35.6 Å². The minimum absolute atomic E-state index is 0.0410. The summed E-state index contributed by atoms with van der Waals surface area (Å²) in [6.45, 7) is 3.95. The molecule has 0 spiro atoms. The van der Waals surface area contributed by atoms with Crippen LogP contribution in [0.5, 0.6) is 0 Å². The van der Waals surface area contributed by atoms with Crippen LogP contribution >= 0.6 is 0 Å². The van der Waals surface area contributed by atoms with E-state index >= 15 is 0 Å². The molecule has 1 saturated carbocycles. The third kappa shape index (κ3) is 2.69. The fourth-order valence-corrected chi connectivity index (χ4v) is 3.36. The number of nitrogens with zero attached hydrogens (tertiary/aromatic N) is 2. The summed E-state index contributed by atoms with van der Waals surface area (Å²) in [7, 11) is 3.87. The van der Waals surface area contributed by atoms with E-state index in [0.29, 0.717) is 12.1 Å². The molecule has 4 heteroatoms. The molecule has 2 fully saturated rings. The summed E-state index contributed by atoms with van der Waals surface area (Å²) >= 11 is 0. The van der Waals surface area contributed by atoms with E-state index in [2.05, 4.69) is 17.1 Å². The van der Waals surface area contributed by atoms with Crippen LogP contribution in [0.1, 0.15) is 39.0 Å². The normalized spacial score (nSPS) is 31.9. The van der Waals surface area contributed by atoms with Gasteiger partial charge in [0.15, 0.2) is 0 Å². The minimum Gasteiger partial charge on any atom is -0.340 e. The Kier molecular flexibility index (Phi) is 4.62. The van der Waals surface area contributed by atoms with Gasteiger partial charge in [0, 0.05) is 32.2 Å². The molecule has 1 heterocycles. The van der Waals surface area contributed by atoms with Gasteiger partial charge in [0.1, 0.15) is 6.04 Å². The monoisotopic (exact) mass is 253 g/mol. The lowest BCUT2D eigenvalue weighted by atomic mass is 9.91. The van der Waals surface area contributed by atoms with Crippen molar-refractivity contribution < 1.29 is 4.79 Å². The minimum atomic E-state index is 0.0410. The first kappa shape index (κ1) is 13.8. The number of likely N-dealkylation sites (N-methyl/N-ethyl adjacent to an activating group) is 2. The van der Waals surface area contributed by atoms with Crippen molar-refractivity contribution in [3.63, 3.8) is 0 Å². The quantitative estimate of drug-likeness (QED) is 0.817. The average Bonchev–Trinajstić information content (AvgIpc) is 2.40. The second-order valence-corrected chi connectivity index (χ2v) is 5.86. The second-order valence-electron chi connectivity index (χ2n) is 5.86. The van der Waals surface area contributed by atoms with Crippen molar-refractivity contribution in [1.29, 1.82) is 0 Å². The van der Waals surface area contributed by atoms with Crippen molar-refractivity contribution in [3.8, 4) is 0 Å². The summed E-state index contributed by atoms with van der Waals surface area (Å²) in [5.41, 5.74) is 0. The van der Waals surface area contributed by atoms with Crippen LogP contribution in [0.4, 0.5) is 0 Å². The van der Waals surface area contributed by atoms with Gasteiger partial charge in [-0.15, -0.1) is 0 Å². The summed E-state index contributed by atoms with van der Waals surface area (Å²) < 4.78 is 0. The van der Waals surface area contributed by atoms with Crippen molar-refractivity contribution in [3.05, 3.63) is 0 Å². The molecule has 18 heavy (non-hydrogen) atoms. The summed E-state index contributed by atoms with van der Waals surface area (Å²) in [5.74, 6) is 0.286. The fourth-order valence-electron chi connectivity index (χ4n) is 3.36. The lowest BCUT2D eigenvalue weighted by Crippen LogP contribution is -2.64. The Balaban J connectivity index is 2.11. The fraction of sp³-hybridized carbons (Fsp3) is 0.929. The van der Waals surface area contributed by atoms with Crippen molar-refractivity contribution in [2.45, 2.75) is 57.2 Å². The second kappa shape index (κ2) is 6.02. The molecule has 1 N–H and O–H groups in total. The van der Waals surface area contributed by atoms with E-state index in [9.17, 15) is 4.79 Å². The van der Waals surface area contributed by atoms with E-state index in [-0.39, 0.29) is 11.9 Å². The molecule has 0 aromatic heterocycles. The van der Waals surface area contributed by atoms with Crippen molar-refractivity contribution in [2.24, 2.45) is 0 Å². The van der Waals surface area contributed by atoms with Gasteiger partial charge < -0.3 is 10.2 Å². The van der Waals surface area contributed by atoms with Crippen molar-refractivity contribution >= 4 is 5.91 Å². The number of nitrogens with one attached hydrogen (secondary N) is 1. The van der Waals surface area contributed by atoms with Gasteiger partial charge in [-0.3, -0.25) is 9.69 Å². The van der Waals surface area contributed by atoms with Crippen LogP contribution in [0.3, 0.4) is 0 Å². The van der Waals surface area contributed by atoms with Gasteiger partial charge in [0.25, 0.3) is 0 Å². The smallest absolute Gasteiger partial charge is 0.241 e. The average molecular weight is 253 g/mol. The zero-order chi connectivity index (χ0) is 13.1. The zero-order valence-corrected chi connectivity index (χ0v) is 12.0. The molecule has 1 saturated heterocycles. The maximum atomic E-state index is 12.4. The Hall–Kier alpha value is -0.610. The Labute approximate surface area is 111 Å². The van der Waals surface area contributed by atoms with Crippen LogP contribution in [0.15, 0.2) is 0 Å². The van der Waals surface area contributed by atoms with Gasteiger partial charge in [-0.05, 0) is 26.8 Å². The summed E-state index contributed by atoms with van der Waals surface area (Å²) in [6.07, 6.45) is 6.55. The maximum Gasteiger partial charge on any atom is 0.241 e. The predicted octanol–water partition coefficient (Wildman–Crippen LogP) is 1.07. The molecule has 2 aliphatic rings. The Morgan fingerprint density at radius 1 is 1.28 bits per heavy atom. The third-order valence-corrected chi connectivity index (χ3v) is 4.61. The van der Waals surface area contributed by atoms with E-state index in [4.69, 9.17) is 0 Å². The van der Waals surface area contributed by atoms with Crippen LogP contribution in [-0.2, 0) is 4.79 Å². The predicted molar refractivity (Wildman–Crippen MR) is 73.5 cm³/mol. The molecule has 4 nitrogen and oxygen atoms in total. The van der Waals surface area contributed by atoms with Gasteiger partial charge >= 0.3 is 0 Å². The Morgan fingerprint density at radius 3 is 2.56 bits per heavy atom. The first-order valence-corrected chi connectivity index (χ1v) is 7.32. The maximum absolute atomic E-state index is 12.4. The zero-order valence-electron chi connectivity index (χ0n) is 12.0. The first-order valence-electron chi connectivity index (χ1n) is 7.32. The number of piperazine rings is 1. The van der Waals surface area contributed by atoms with Crippen molar-refractivity contribution in [2.75, 3.05) is 27.2 Å². The van der Waals surface area contributed by atoms with Crippen LogP contribution in [0, 0.1) is 0 Å².